The van der Waals surface area contributed by atoms with E-state index in [2.05, 4.69) is 33.6 Å². The fraction of sp³-hybridized carbons (Fsp3) is 0.467. The third-order valence-corrected chi connectivity index (χ3v) is 8.83. The molecule has 2 aromatic carbocycles. The first kappa shape index (κ1) is 30.4. The Labute approximate surface area is 246 Å². The van der Waals surface area contributed by atoms with E-state index >= 15 is 0 Å². The molecule has 4 rings (SSSR count). The fourth-order valence-corrected chi connectivity index (χ4v) is 6.32. The van der Waals surface area contributed by atoms with Crippen LogP contribution in [0, 0.1) is 17.2 Å². The van der Waals surface area contributed by atoms with Crippen LogP contribution in [0.1, 0.15) is 18.9 Å². The molecule has 2 amide bonds. The molecular weight excluding hydrogens is 540 g/mol. The summed E-state index contributed by atoms with van der Waals surface area (Å²) in [6.07, 6.45) is 0.448. The van der Waals surface area contributed by atoms with Gasteiger partial charge in [0.05, 0.1) is 6.07 Å². The Morgan fingerprint density at radius 1 is 1.07 bits per heavy atom. The molecule has 41 heavy (non-hydrogen) atoms. The van der Waals surface area contributed by atoms with Crippen molar-refractivity contribution in [3.05, 3.63) is 60.2 Å². The third-order valence-electron chi connectivity index (χ3n) is 7.32. The van der Waals surface area contributed by atoms with E-state index in [1.54, 1.807) is 4.90 Å². The number of anilines is 2. The van der Waals surface area contributed by atoms with E-state index in [1.165, 1.54) is 11.8 Å². The fourth-order valence-electron chi connectivity index (χ4n) is 4.83. The summed E-state index contributed by atoms with van der Waals surface area (Å²) in [5.74, 6) is -1.85. The van der Waals surface area contributed by atoms with Crippen LogP contribution in [0.2, 0.25) is 0 Å². The third kappa shape index (κ3) is 8.45. The van der Waals surface area contributed by atoms with E-state index in [-0.39, 0.29) is 18.4 Å². The van der Waals surface area contributed by atoms with Gasteiger partial charge in [-0.05, 0) is 43.8 Å². The number of carbonyl (C=O) groups is 3. The lowest BCUT2D eigenvalue weighted by Gasteiger charge is -2.32. The zero-order valence-electron chi connectivity index (χ0n) is 23.6. The van der Waals surface area contributed by atoms with Crippen molar-refractivity contribution >= 4 is 40.9 Å². The molecule has 10 nitrogen and oxygen atoms in total. The number of esters is 1. The van der Waals surface area contributed by atoms with Crippen LogP contribution in [-0.2, 0) is 25.7 Å². The van der Waals surface area contributed by atoms with Crippen LogP contribution in [0.15, 0.2) is 54.6 Å². The number of thioether (sulfide) groups is 1. The highest BCUT2D eigenvalue weighted by molar-refractivity contribution is 8.01. The average molecular weight is 579 g/mol. The van der Waals surface area contributed by atoms with Gasteiger partial charge in [0.25, 0.3) is 0 Å². The van der Waals surface area contributed by atoms with Gasteiger partial charge < -0.3 is 30.1 Å². The lowest BCUT2D eigenvalue weighted by molar-refractivity contribution is -0.149. The van der Waals surface area contributed by atoms with E-state index < -0.39 is 22.5 Å². The first-order chi connectivity index (χ1) is 19.9. The minimum Gasteiger partial charge on any atom is -0.460 e. The minimum absolute atomic E-state index is 0.0161. The van der Waals surface area contributed by atoms with Crippen LogP contribution in [0.5, 0.6) is 0 Å². The SMILES string of the molecule is CCN1C(=O)C(CNc2ccc(NC(=O)CCN3CCN(C)CC3)cc2)SC1[C@H](C#N)C(=O)OCc1ccccc1. The molecule has 2 N–H and O–H groups in total. The molecule has 2 unspecified atom stereocenters. The first-order valence-corrected chi connectivity index (χ1v) is 14.9. The zero-order chi connectivity index (χ0) is 29.2. The standard InChI is InChI=1S/C30H38N6O4S/c1-3-36-28(38)26(41-29(36)25(19-31)30(39)40-21-22-7-5-4-6-8-22)20-32-23-9-11-24(12-10-23)33-27(37)13-14-35-17-15-34(2)16-18-35/h4-12,25-26,29,32H,3,13-18,20-21H2,1-2H3,(H,33,37)/t25-,26?,29?/m0/s1. The Kier molecular flexibility index (Phi) is 11.0. The van der Waals surface area contributed by atoms with Gasteiger partial charge >= 0.3 is 5.97 Å². The number of benzene rings is 2. The average Bonchev–Trinajstić information content (AvgIpc) is 3.30. The number of hydrogen-bond donors (Lipinski definition) is 2. The topological polar surface area (TPSA) is 118 Å². The maximum atomic E-state index is 13.1. The van der Waals surface area contributed by atoms with Gasteiger partial charge in [-0.2, -0.15) is 5.26 Å². The molecule has 3 atom stereocenters. The van der Waals surface area contributed by atoms with Crippen LogP contribution in [0.3, 0.4) is 0 Å². The van der Waals surface area contributed by atoms with Gasteiger partial charge in [0.2, 0.25) is 11.8 Å². The summed E-state index contributed by atoms with van der Waals surface area (Å²) in [6, 6.07) is 18.7. The lowest BCUT2D eigenvalue weighted by atomic mass is 10.1. The van der Waals surface area contributed by atoms with E-state index in [0.717, 1.165) is 44.0 Å². The summed E-state index contributed by atoms with van der Waals surface area (Å²) in [5, 5.41) is 15.0. The van der Waals surface area contributed by atoms with Gasteiger partial charge in [-0.3, -0.25) is 14.4 Å². The minimum atomic E-state index is -1.09. The van der Waals surface area contributed by atoms with Crippen molar-refractivity contribution in [3.63, 3.8) is 0 Å². The van der Waals surface area contributed by atoms with Crippen molar-refractivity contribution in [2.45, 2.75) is 30.6 Å². The molecule has 0 aliphatic carbocycles. The highest BCUT2D eigenvalue weighted by Crippen LogP contribution is 2.36. The second-order valence-electron chi connectivity index (χ2n) is 10.2. The summed E-state index contributed by atoms with van der Waals surface area (Å²) in [5.41, 5.74) is 2.35. The van der Waals surface area contributed by atoms with E-state index in [4.69, 9.17) is 4.74 Å². The van der Waals surface area contributed by atoms with Crippen molar-refractivity contribution in [2.24, 2.45) is 5.92 Å². The molecule has 2 heterocycles. The van der Waals surface area contributed by atoms with Crippen LogP contribution >= 0.6 is 11.8 Å². The molecule has 2 aliphatic rings. The summed E-state index contributed by atoms with van der Waals surface area (Å²) in [4.78, 5) is 44.5. The second-order valence-corrected chi connectivity index (χ2v) is 11.6. The Morgan fingerprint density at radius 3 is 2.41 bits per heavy atom. The number of rotatable bonds is 12. The number of hydrogen-bond acceptors (Lipinski definition) is 9. The molecule has 2 aromatic rings. The number of nitriles is 1. The predicted octanol–water partition coefficient (Wildman–Crippen LogP) is 2.85. The number of amides is 2. The summed E-state index contributed by atoms with van der Waals surface area (Å²) < 4.78 is 5.41. The molecule has 2 saturated heterocycles. The molecule has 0 radical (unpaired) electrons. The molecule has 2 fully saturated rings. The monoisotopic (exact) mass is 578 g/mol. The largest absolute Gasteiger partial charge is 0.460 e. The Hall–Kier alpha value is -3.59. The van der Waals surface area contributed by atoms with Crippen molar-refractivity contribution < 1.29 is 19.1 Å². The van der Waals surface area contributed by atoms with E-state index in [9.17, 15) is 19.6 Å². The first-order valence-electron chi connectivity index (χ1n) is 14.0. The van der Waals surface area contributed by atoms with Gasteiger partial charge in [-0.25, -0.2) is 0 Å². The van der Waals surface area contributed by atoms with Crippen LogP contribution in [-0.4, -0.2) is 96.0 Å². The Bertz CT molecular complexity index is 1210. The molecule has 218 valence electrons. The highest BCUT2D eigenvalue weighted by Gasteiger charge is 2.46. The van der Waals surface area contributed by atoms with Gasteiger partial charge in [-0.15, -0.1) is 11.8 Å². The Balaban J connectivity index is 1.25. The van der Waals surface area contributed by atoms with E-state index in [0.29, 0.717) is 25.2 Å². The van der Waals surface area contributed by atoms with Crippen LogP contribution in [0.25, 0.3) is 0 Å². The lowest BCUT2D eigenvalue weighted by Crippen LogP contribution is -2.45. The van der Waals surface area contributed by atoms with Crippen LogP contribution in [0.4, 0.5) is 11.4 Å². The maximum absolute atomic E-state index is 13.1. The second kappa shape index (κ2) is 14.9. The van der Waals surface area contributed by atoms with Gasteiger partial charge in [-0.1, -0.05) is 30.3 Å². The van der Waals surface area contributed by atoms with Gasteiger partial charge in [0.1, 0.15) is 17.2 Å². The number of nitrogens with one attached hydrogen (secondary N) is 2. The normalized spacial score (nSPS) is 20.3. The molecule has 0 saturated carbocycles. The predicted molar refractivity (Wildman–Crippen MR) is 160 cm³/mol. The van der Waals surface area contributed by atoms with Crippen molar-refractivity contribution in [3.8, 4) is 6.07 Å². The van der Waals surface area contributed by atoms with Gasteiger partial charge in [0.15, 0.2) is 5.92 Å². The number of carbonyl (C=O) groups excluding carboxylic acids is 3. The molecule has 11 heteroatoms. The van der Waals surface area contributed by atoms with Gasteiger partial charge in [0, 0.05) is 63.6 Å². The van der Waals surface area contributed by atoms with Crippen molar-refractivity contribution in [2.75, 3.05) is 63.5 Å². The van der Waals surface area contributed by atoms with E-state index in [1.807, 2.05) is 61.5 Å². The summed E-state index contributed by atoms with van der Waals surface area (Å²) in [6.45, 7) is 7.41. The van der Waals surface area contributed by atoms with Crippen molar-refractivity contribution in [1.82, 2.24) is 14.7 Å². The molecule has 0 spiro atoms. The number of likely N-dealkylation sites (N-methyl/N-ethyl adjacent to an activating group) is 1. The summed E-state index contributed by atoms with van der Waals surface area (Å²) in [7, 11) is 2.11. The number of ether oxygens (including phenoxy) is 1. The quantitative estimate of drug-likeness (QED) is 0.367. The Morgan fingerprint density at radius 2 is 1.76 bits per heavy atom. The summed E-state index contributed by atoms with van der Waals surface area (Å²) >= 11 is 1.31. The highest BCUT2D eigenvalue weighted by atomic mass is 32.2. The molecule has 0 bridgehead atoms. The van der Waals surface area contributed by atoms with Crippen LogP contribution < -0.4 is 10.6 Å². The zero-order valence-corrected chi connectivity index (χ0v) is 24.4. The smallest absolute Gasteiger partial charge is 0.326 e. The number of nitrogens with zero attached hydrogens (tertiary/aromatic N) is 4. The molecule has 2 aliphatic heterocycles. The van der Waals surface area contributed by atoms with Crippen molar-refractivity contribution in [1.29, 1.82) is 5.26 Å². The molecular formula is C30H38N6O4S. The number of piperazine rings is 1. The maximum Gasteiger partial charge on any atom is 0.326 e. The molecule has 0 aromatic heterocycles.